The molecule has 0 N–H and O–H groups in total. The minimum Gasteiger partial charge on any atom is -0.163 e. The van der Waals surface area contributed by atoms with Crippen LogP contribution in [0.15, 0.2) is 0 Å². The van der Waals surface area contributed by atoms with E-state index in [0.717, 1.165) is 0 Å². The van der Waals surface area contributed by atoms with Crippen molar-refractivity contribution in [2.75, 3.05) is 70.0 Å². The molecular formula is C36H74S11. The van der Waals surface area contributed by atoms with E-state index in [1.54, 1.807) is 0 Å². The highest BCUT2D eigenvalue weighted by atomic mass is 32.3. The van der Waals surface area contributed by atoms with E-state index in [9.17, 15) is 0 Å². The Kier molecular flexibility index (Phi) is 34.8. The lowest BCUT2D eigenvalue weighted by atomic mass is 10.3. The highest BCUT2D eigenvalue weighted by molar-refractivity contribution is 8.40. The summed E-state index contributed by atoms with van der Waals surface area (Å²) in [6.07, 6.45) is 20.5. The van der Waals surface area contributed by atoms with Crippen molar-refractivity contribution in [1.82, 2.24) is 0 Å². The van der Waals surface area contributed by atoms with Crippen LogP contribution in [0.25, 0.3) is 0 Å². The van der Waals surface area contributed by atoms with Crippen LogP contribution in [0.4, 0.5) is 0 Å². The lowest BCUT2D eigenvalue weighted by Gasteiger charge is -2.56. The van der Waals surface area contributed by atoms with Crippen molar-refractivity contribution in [2.45, 2.75) is 147 Å². The van der Waals surface area contributed by atoms with Gasteiger partial charge in [-0.1, -0.05) is 93.9 Å². The molecule has 0 bridgehead atoms. The van der Waals surface area contributed by atoms with Crippen molar-refractivity contribution >= 4 is 129 Å². The summed E-state index contributed by atoms with van der Waals surface area (Å²) >= 11 is 25.6. The molecule has 0 fully saturated rings. The Morgan fingerprint density at radius 2 is 0.681 bits per heavy atom. The van der Waals surface area contributed by atoms with Gasteiger partial charge in [-0.05, 0) is 97.1 Å². The van der Waals surface area contributed by atoms with Gasteiger partial charge in [-0.15, -0.1) is 106 Å². The largest absolute Gasteiger partial charge is 0.163 e. The molecule has 0 spiro atoms. The van der Waals surface area contributed by atoms with Crippen LogP contribution in [-0.2, 0) is 0 Å². The second-order valence-corrected chi connectivity index (χ2v) is 28.0. The Morgan fingerprint density at radius 1 is 0.340 bits per heavy atom. The Hall–Kier alpha value is 3.85. The molecule has 0 heterocycles. The summed E-state index contributed by atoms with van der Waals surface area (Å²) in [6.45, 7) is 19.2. The third-order valence-electron chi connectivity index (χ3n) is 7.34. The van der Waals surface area contributed by atoms with Crippen LogP contribution in [0.2, 0.25) is 0 Å². The zero-order valence-electron chi connectivity index (χ0n) is 32.0. The second-order valence-electron chi connectivity index (χ2n) is 11.7. The molecular weight excluding hydrogens is 785 g/mol. The number of rotatable bonds is 36. The first-order valence-electron chi connectivity index (χ1n) is 18.6. The zero-order chi connectivity index (χ0) is 35.3. The van der Waals surface area contributed by atoms with Crippen LogP contribution in [0, 0.1) is 0 Å². The summed E-state index contributed by atoms with van der Waals surface area (Å²) in [4.78, 5) is 0. The van der Waals surface area contributed by atoms with Crippen molar-refractivity contribution in [1.29, 1.82) is 0 Å². The molecule has 0 aromatic rings. The van der Waals surface area contributed by atoms with Gasteiger partial charge in [-0.25, -0.2) is 0 Å². The molecule has 0 aromatic heterocycles. The van der Waals surface area contributed by atoms with Crippen molar-refractivity contribution in [2.24, 2.45) is 0 Å². The summed E-state index contributed by atoms with van der Waals surface area (Å²) in [7, 11) is 0. The summed E-state index contributed by atoms with van der Waals surface area (Å²) in [5, 5.41) is 0. The average molecular weight is 860 g/mol. The first-order chi connectivity index (χ1) is 22.8. The predicted molar refractivity (Wildman–Crippen MR) is 256 cm³/mol. The molecule has 0 nitrogen and oxygen atoms in total. The molecule has 0 rings (SSSR count). The Morgan fingerprint density at radius 3 is 0.979 bits per heavy atom. The first-order valence-corrected chi connectivity index (χ1v) is 30.1. The fourth-order valence-corrected chi connectivity index (χ4v) is 27.9. The lowest BCUT2D eigenvalue weighted by Crippen LogP contribution is -2.54. The van der Waals surface area contributed by atoms with Crippen LogP contribution in [0.5, 0.6) is 0 Å². The van der Waals surface area contributed by atoms with Gasteiger partial charge in [0.15, 0.2) is 0 Å². The number of thioether (sulfide) groups is 11. The molecule has 0 aliphatic carbocycles. The predicted octanol–water partition coefficient (Wildman–Crippen LogP) is 15.9. The summed E-state index contributed by atoms with van der Waals surface area (Å²) in [5.74, 6) is 12.4. The molecule has 0 saturated carbocycles. The van der Waals surface area contributed by atoms with E-state index >= 15 is 0 Å². The third kappa shape index (κ3) is 17.9. The minimum absolute atomic E-state index is 0.101. The Labute approximate surface area is 343 Å². The van der Waals surface area contributed by atoms with Gasteiger partial charge < -0.3 is 0 Å². The van der Waals surface area contributed by atoms with Gasteiger partial charge >= 0.3 is 0 Å². The Bertz CT molecular complexity index is 646. The maximum absolute atomic E-state index is 2.52. The maximum atomic E-state index is 2.52. The standard InChI is InChI=1S/C36H74S11/c1-11-19-23-29-41-33(31-37-9,35(39-17-7,43-25-15-5)45-27-21-13-3)47-34(32-38-10,42-30-24-20-12-2)36(40-18-8,44-26-16-6)46-28-22-14-4/h11-32H2,1-10H3. The fraction of sp³-hybridized carbons (Fsp3) is 1.00. The molecule has 0 amide bonds. The van der Waals surface area contributed by atoms with E-state index in [1.807, 2.05) is 0 Å². The SMILES string of the molecule is CCCCCSC(CSC)(SC(CSC)(SCCCCC)C(SCC)(SCCC)SCCCC)C(SCC)(SCCC)SCCCC. The molecule has 4 atom stereocenters. The average Bonchev–Trinajstić information content (AvgIpc) is 3.06. The van der Waals surface area contributed by atoms with E-state index in [1.165, 1.54) is 135 Å². The molecule has 11 heteroatoms. The minimum atomic E-state index is 0.101. The fourth-order valence-electron chi connectivity index (χ4n) is 4.97. The second kappa shape index (κ2) is 32.1. The van der Waals surface area contributed by atoms with Crippen LogP contribution < -0.4 is 0 Å². The molecule has 284 valence electrons. The molecule has 0 radical (unpaired) electrons. The van der Waals surface area contributed by atoms with Crippen molar-refractivity contribution in [3.05, 3.63) is 0 Å². The van der Waals surface area contributed by atoms with Gasteiger partial charge in [-0.2, -0.15) is 23.5 Å². The monoisotopic (exact) mass is 858 g/mol. The van der Waals surface area contributed by atoms with Crippen LogP contribution in [-0.4, -0.2) is 85.0 Å². The summed E-state index contributed by atoms with van der Waals surface area (Å²) in [6, 6.07) is 0. The number of unbranched alkanes of at least 4 members (excludes halogenated alkanes) is 6. The lowest BCUT2D eigenvalue weighted by molar-refractivity contribution is 0.774. The van der Waals surface area contributed by atoms with Gasteiger partial charge in [0, 0.05) is 11.5 Å². The molecule has 47 heavy (non-hydrogen) atoms. The van der Waals surface area contributed by atoms with E-state index in [2.05, 4.69) is 197 Å². The first kappa shape index (κ1) is 50.9. The summed E-state index contributed by atoms with van der Waals surface area (Å²) in [5.41, 5.74) is 0. The highest BCUT2D eigenvalue weighted by Crippen LogP contribution is 2.73. The van der Waals surface area contributed by atoms with Gasteiger partial charge in [0.1, 0.15) is 15.0 Å². The summed E-state index contributed by atoms with van der Waals surface area (Å²) < 4.78 is 0.447. The van der Waals surface area contributed by atoms with Crippen LogP contribution in [0.1, 0.15) is 132 Å². The molecule has 4 unspecified atom stereocenters. The maximum Gasteiger partial charge on any atom is 0.131 e. The van der Waals surface area contributed by atoms with Crippen LogP contribution >= 0.6 is 129 Å². The quantitative estimate of drug-likeness (QED) is 0.0437. The van der Waals surface area contributed by atoms with E-state index in [4.69, 9.17) is 0 Å². The van der Waals surface area contributed by atoms with Gasteiger partial charge in [-0.3, -0.25) is 0 Å². The third-order valence-corrected chi connectivity index (χ3v) is 28.1. The number of hydrogen-bond acceptors (Lipinski definition) is 11. The normalized spacial score (nSPS) is 17.2. The van der Waals surface area contributed by atoms with Crippen molar-refractivity contribution in [3.8, 4) is 0 Å². The topological polar surface area (TPSA) is 0 Å². The van der Waals surface area contributed by atoms with E-state index in [0.29, 0.717) is 0 Å². The molecule has 0 aromatic carbocycles. The van der Waals surface area contributed by atoms with Crippen molar-refractivity contribution in [3.63, 3.8) is 0 Å². The van der Waals surface area contributed by atoms with E-state index in [-0.39, 0.29) is 15.0 Å². The van der Waals surface area contributed by atoms with E-state index < -0.39 is 0 Å². The van der Waals surface area contributed by atoms with Gasteiger partial charge in [0.05, 0.1) is 0 Å². The van der Waals surface area contributed by atoms with Crippen LogP contribution in [0.3, 0.4) is 0 Å². The highest BCUT2D eigenvalue weighted by Gasteiger charge is 2.62. The Balaban J connectivity index is 7.88. The molecule has 0 saturated heterocycles. The number of hydrogen-bond donors (Lipinski definition) is 0. The molecule has 0 aliphatic heterocycles. The zero-order valence-corrected chi connectivity index (χ0v) is 41.0. The smallest absolute Gasteiger partial charge is 0.131 e. The molecule has 0 aliphatic rings. The van der Waals surface area contributed by atoms with Crippen molar-refractivity contribution < 1.29 is 0 Å². The van der Waals surface area contributed by atoms with Gasteiger partial charge in [0.2, 0.25) is 0 Å². The van der Waals surface area contributed by atoms with Gasteiger partial charge in [0.25, 0.3) is 0 Å².